The number of carbonyl (C=O) groups is 1. The molecule has 2 N–H and O–H groups in total. The molecule has 1 heterocycles. The highest BCUT2D eigenvalue weighted by Gasteiger charge is 2.37. The molecule has 1 rings (SSSR count). The number of rotatable bonds is 5. The fourth-order valence-corrected chi connectivity index (χ4v) is 3.11. The molecule has 19 heavy (non-hydrogen) atoms. The van der Waals surface area contributed by atoms with Crippen molar-refractivity contribution in [2.24, 2.45) is 0 Å². The highest BCUT2D eigenvalue weighted by Crippen LogP contribution is 2.16. The van der Waals surface area contributed by atoms with E-state index in [0.29, 0.717) is 25.5 Å². The summed E-state index contributed by atoms with van der Waals surface area (Å²) < 4.78 is 24.7. The molecule has 110 valence electrons. The Labute approximate surface area is 114 Å². The van der Waals surface area contributed by atoms with E-state index in [9.17, 15) is 13.2 Å². The molecule has 0 aromatic heterocycles. The molecule has 7 nitrogen and oxygen atoms in total. The van der Waals surface area contributed by atoms with E-state index >= 15 is 0 Å². The van der Waals surface area contributed by atoms with Crippen LogP contribution in [0.5, 0.6) is 0 Å². The minimum Gasteiger partial charge on any atom is -0.375 e. The van der Waals surface area contributed by atoms with Crippen molar-refractivity contribution in [2.75, 3.05) is 39.5 Å². The number of nitrogens with zero attached hydrogens (tertiary/aromatic N) is 2. The van der Waals surface area contributed by atoms with Crippen molar-refractivity contribution in [1.29, 1.82) is 0 Å². The van der Waals surface area contributed by atoms with Gasteiger partial charge in [-0.25, -0.2) is 8.42 Å². The quantitative estimate of drug-likeness (QED) is 0.662. The molecule has 1 saturated heterocycles. The number of hydrogen-bond acceptors (Lipinski definition) is 5. The van der Waals surface area contributed by atoms with Crippen LogP contribution in [0.25, 0.3) is 0 Å². The molecule has 1 amide bonds. The molecule has 0 spiro atoms. The number of likely N-dealkylation sites (N-methyl/N-ethyl adjacent to an activating group) is 1. The Morgan fingerprint density at radius 2 is 2.05 bits per heavy atom. The van der Waals surface area contributed by atoms with Gasteiger partial charge in [0.15, 0.2) is 0 Å². The number of piperazine rings is 1. The Kier molecular flexibility index (Phi) is 5.19. The fourth-order valence-electron chi connectivity index (χ4n) is 2.07. The third-order valence-electron chi connectivity index (χ3n) is 3.08. The maximum absolute atomic E-state index is 12.0. The summed E-state index contributed by atoms with van der Waals surface area (Å²) in [4.78, 5) is 13.9. The van der Waals surface area contributed by atoms with E-state index < -0.39 is 16.1 Å². The van der Waals surface area contributed by atoms with E-state index in [2.05, 4.69) is 17.2 Å². The molecule has 1 fully saturated rings. The van der Waals surface area contributed by atoms with Gasteiger partial charge in [0.1, 0.15) is 6.04 Å². The second kappa shape index (κ2) is 6.25. The van der Waals surface area contributed by atoms with Gasteiger partial charge >= 0.3 is 0 Å². The van der Waals surface area contributed by atoms with Crippen LogP contribution < -0.4 is 10.6 Å². The number of sulfonamides is 1. The lowest BCUT2D eigenvalue weighted by atomic mass is 10.2. The SMILES string of the molecule is C=C(NC)N1CCN(S(C)(=O)=O)C(C(=O)NCC)C1. The zero-order chi connectivity index (χ0) is 14.6. The first-order valence-electron chi connectivity index (χ1n) is 6.17. The van der Waals surface area contributed by atoms with Crippen LogP contribution in [0.1, 0.15) is 6.92 Å². The van der Waals surface area contributed by atoms with Crippen LogP contribution in [0, 0.1) is 0 Å². The van der Waals surface area contributed by atoms with E-state index in [-0.39, 0.29) is 12.5 Å². The number of carbonyl (C=O) groups excluding carboxylic acids is 1. The predicted molar refractivity (Wildman–Crippen MR) is 73.8 cm³/mol. The van der Waals surface area contributed by atoms with Crippen LogP contribution in [0.3, 0.4) is 0 Å². The van der Waals surface area contributed by atoms with Crippen molar-refractivity contribution in [3.05, 3.63) is 12.4 Å². The molecule has 1 atom stereocenters. The lowest BCUT2D eigenvalue weighted by Gasteiger charge is -2.40. The first-order chi connectivity index (χ1) is 8.81. The average Bonchev–Trinajstić information content (AvgIpc) is 2.36. The molecule has 1 aliphatic heterocycles. The standard InChI is InChI=1S/C11H22N4O3S/c1-5-13-11(16)10-8-14(9(2)12-3)6-7-15(10)19(4,17)18/h10,12H,2,5-8H2,1,3-4H3,(H,13,16). The summed E-state index contributed by atoms with van der Waals surface area (Å²) >= 11 is 0. The normalized spacial score (nSPS) is 21.0. The van der Waals surface area contributed by atoms with Gasteiger partial charge in [0.2, 0.25) is 15.9 Å². The first-order valence-corrected chi connectivity index (χ1v) is 8.02. The smallest absolute Gasteiger partial charge is 0.240 e. The van der Waals surface area contributed by atoms with Gasteiger partial charge in [-0.1, -0.05) is 6.58 Å². The highest BCUT2D eigenvalue weighted by molar-refractivity contribution is 7.88. The van der Waals surface area contributed by atoms with Crippen molar-refractivity contribution in [1.82, 2.24) is 19.8 Å². The van der Waals surface area contributed by atoms with Crippen LogP contribution in [0.4, 0.5) is 0 Å². The molecule has 0 aliphatic carbocycles. The second-order valence-corrected chi connectivity index (χ2v) is 6.36. The van der Waals surface area contributed by atoms with E-state index in [0.717, 1.165) is 6.26 Å². The predicted octanol–water partition coefficient (Wildman–Crippen LogP) is -1.24. The summed E-state index contributed by atoms with van der Waals surface area (Å²) in [5, 5.41) is 5.58. The average molecular weight is 290 g/mol. The molecule has 8 heteroatoms. The Balaban J connectivity index is 2.92. The van der Waals surface area contributed by atoms with E-state index in [4.69, 9.17) is 0 Å². The van der Waals surface area contributed by atoms with Gasteiger partial charge in [-0.15, -0.1) is 0 Å². The van der Waals surface area contributed by atoms with Crippen LogP contribution in [0.15, 0.2) is 12.4 Å². The summed E-state index contributed by atoms with van der Waals surface area (Å²) in [5.41, 5.74) is 0. The molecule has 1 aliphatic rings. The lowest BCUT2D eigenvalue weighted by Crippen LogP contribution is -2.60. The summed E-state index contributed by atoms with van der Waals surface area (Å²) in [5.74, 6) is 0.406. The number of nitrogens with one attached hydrogen (secondary N) is 2. The summed E-state index contributed by atoms with van der Waals surface area (Å²) in [6.07, 6.45) is 1.13. The van der Waals surface area contributed by atoms with Crippen molar-refractivity contribution in [3.63, 3.8) is 0 Å². The third kappa shape index (κ3) is 3.84. The Morgan fingerprint density at radius 1 is 1.42 bits per heavy atom. The highest BCUT2D eigenvalue weighted by atomic mass is 32.2. The van der Waals surface area contributed by atoms with Gasteiger partial charge in [-0.3, -0.25) is 4.79 Å². The van der Waals surface area contributed by atoms with Gasteiger partial charge in [-0.05, 0) is 6.92 Å². The molecular formula is C11H22N4O3S. The van der Waals surface area contributed by atoms with Crippen molar-refractivity contribution < 1.29 is 13.2 Å². The van der Waals surface area contributed by atoms with Crippen LogP contribution >= 0.6 is 0 Å². The zero-order valence-electron chi connectivity index (χ0n) is 11.6. The molecule has 0 aromatic carbocycles. The van der Waals surface area contributed by atoms with Gasteiger partial charge in [-0.2, -0.15) is 4.31 Å². The zero-order valence-corrected chi connectivity index (χ0v) is 12.5. The fraction of sp³-hybridized carbons (Fsp3) is 0.727. The molecule has 1 unspecified atom stereocenters. The topological polar surface area (TPSA) is 81.8 Å². The maximum Gasteiger partial charge on any atom is 0.240 e. The van der Waals surface area contributed by atoms with Crippen molar-refractivity contribution in [3.8, 4) is 0 Å². The lowest BCUT2D eigenvalue weighted by molar-refractivity contribution is -0.126. The molecule has 0 radical (unpaired) electrons. The molecule has 0 bridgehead atoms. The summed E-state index contributed by atoms with van der Waals surface area (Å²) in [6.45, 7) is 7.21. The van der Waals surface area contributed by atoms with Gasteiger partial charge in [0, 0.05) is 33.2 Å². The van der Waals surface area contributed by atoms with Gasteiger partial charge in [0.05, 0.1) is 12.1 Å². The molecule has 0 saturated carbocycles. The van der Waals surface area contributed by atoms with Gasteiger partial charge < -0.3 is 15.5 Å². The second-order valence-electron chi connectivity index (χ2n) is 4.43. The maximum atomic E-state index is 12.0. The third-order valence-corrected chi connectivity index (χ3v) is 4.37. The monoisotopic (exact) mass is 290 g/mol. The summed E-state index contributed by atoms with van der Waals surface area (Å²) in [7, 11) is -1.66. The van der Waals surface area contributed by atoms with E-state index in [1.54, 1.807) is 14.0 Å². The van der Waals surface area contributed by atoms with Gasteiger partial charge in [0.25, 0.3) is 0 Å². The van der Waals surface area contributed by atoms with Crippen LogP contribution in [0.2, 0.25) is 0 Å². The minimum absolute atomic E-state index is 0.276. The Hall–Kier alpha value is -1.28. The van der Waals surface area contributed by atoms with Crippen LogP contribution in [-0.4, -0.2) is 69.1 Å². The number of hydrogen-bond donors (Lipinski definition) is 2. The largest absolute Gasteiger partial charge is 0.375 e. The van der Waals surface area contributed by atoms with E-state index in [1.807, 2.05) is 4.90 Å². The van der Waals surface area contributed by atoms with E-state index in [1.165, 1.54) is 4.31 Å². The molecule has 0 aromatic rings. The Bertz CT molecular complexity index is 449. The van der Waals surface area contributed by atoms with Crippen molar-refractivity contribution >= 4 is 15.9 Å². The van der Waals surface area contributed by atoms with Crippen molar-refractivity contribution in [2.45, 2.75) is 13.0 Å². The van der Waals surface area contributed by atoms with Crippen LogP contribution in [-0.2, 0) is 14.8 Å². The number of amides is 1. The molecular weight excluding hydrogens is 268 g/mol. The summed E-state index contributed by atoms with van der Waals surface area (Å²) in [6, 6.07) is -0.714. The minimum atomic E-state index is -3.40. The first kappa shape index (κ1) is 15.8. The Morgan fingerprint density at radius 3 is 2.53 bits per heavy atom.